The first-order valence-electron chi connectivity index (χ1n) is 9.41. The third-order valence-electron chi connectivity index (χ3n) is 5.27. The van der Waals surface area contributed by atoms with Crippen LogP contribution in [0.5, 0.6) is 0 Å². The predicted octanol–water partition coefficient (Wildman–Crippen LogP) is 0.774. The highest BCUT2D eigenvalue weighted by Crippen LogP contribution is 2.21. The van der Waals surface area contributed by atoms with E-state index in [1.165, 1.54) is 0 Å². The lowest BCUT2D eigenvalue weighted by atomic mass is 10.1. The van der Waals surface area contributed by atoms with Crippen LogP contribution in [0.15, 0.2) is 24.3 Å². The van der Waals surface area contributed by atoms with Crippen LogP contribution in [0.3, 0.4) is 0 Å². The second-order valence-corrected chi connectivity index (χ2v) is 7.22. The van der Waals surface area contributed by atoms with Gasteiger partial charge in [0, 0.05) is 58.4 Å². The molecule has 2 fully saturated rings. The molecule has 1 unspecified atom stereocenters. The lowest BCUT2D eigenvalue weighted by Crippen LogP contribution is -2.52. The van der Waals surface area contributed by atoms with Crippen molar-refractivity contribution in [3.63, 3.8) is 0 Å². The van der Waals surface area contributed by atoms with Crippen molar-refractivity contribution in [2.24, 2.45) is 5.92 Å². The Morgan fingerprint density at radius 1 is 1.15 bits per heavy atom. The lowest BCUT2D eigenvalue weighted by molar-refractivity contribution is -0.137. The lowest BCUT2D eigenvalue weighted by Gasteiger charge is -2.36. The summed E-state index contributed by atoms with van der Waals surface area (Å²) in [6.07, 6.45) is 0.269. The van der Waals surface area contributed by atoms with Gasteiger partial charge < -0.3 is 19.4 Å². The Morgan fingerprint density at radius 2 is 1.85 bits per heavy atom. The number of methoxy groups -OCH3 is 1. The number of carbonyl (C=O) groups excluding carboxylic acids is 3. The Kier molecular flexibility index (Phi) is 6.11. The van der Waals surface area contributed by atoms with Crippen molar-refractivity contribution in [2.45, 2.75) is 13.3 Å². The molecule has 1 aromatic carbocycles. The molecule has 0 bridgehead atoms. The van der Waals surface area contributed by atoms with Crippen molar-refractivity contribution >= 4 is 17.7 Å². The Balaban J connectivity index is 1.52. The van der Waals surface area contributed by atoms with Gasteiger partial charge in [0.2, 0.25) is 11.8 Å². The quantitative estimate of drug-likeness (QED) is 0.765. The zero-order valence-corrected chi connectivity index (χ0v) is 16.0. The van der Waals surface area contributed by atoms with Gasteiger partial charge in [-0.3, -0.25) is 14.4 Å². The normalized spacial score (nSPS) is 20.3. The van der Waals surface area contributed by atoms with Crippen molar-refractivity contribution in [1.82, 2.24) is 14.7 Å². The summed E-state index contributed by atoms with van der Waals surface area (Å²) < 4.78 is 5.02. The summed E-state index contributed by atoms with van der Waals surface area (Å²) in [7, 11) is 1.60. The standard InChI is InChI=1S/C20H27N3O4/c1-15-4-3-5-16(12-15)19(25)21-6-8-22(9-7-21)20(26)17-13-18(24)23(14-17)10-11-27-2/h3-5,12,17H,6-11,13-14H2,1-2H3. The van der Waals surface area contributed by atoms with E-state index in [2.05, 4.69) is 0 Å². The van der Waals surface area contributed by atoms with E-state index in [1.807, 2.05) is 31.2 Å². The van der Waals surface area contributed by atoms with E-state index in [1.54, 1.807) is 21.8 Å². The Bertz CT molecular complexity index is 713. The van der Waals surface area contributed by atoms with Crippen LogP contribution in [0.25, 0.3) is 0 Å². The number of hydrogen-bond acceptors (Lipinski definition) is 4. The van der Waals surface area contributed by atoms with Gasteiger partial charge in [-0.25, -0.2) is 0 Å². The summed E-state index contributed by atoms with van der Waals surface area (Å²) in [6.45, 7) is 5.50. The summed E-state index contributed by atoms with van der Waals surface area (Å²) in [5.74, 6) is -0.245. The zero-order chi connectivity index (χ0) is 19.4. The minimum Gasteiger partial charge on any atom is -0.383 e. The number of piperazine rings is 1. The maximum atomic E-state index is 12.8. The first-order valence-corrected chi connectivity index (χ1v) is 9.41. The minimum atomic E-state index is -0.284. The Labute approximate surface area is 159 Å². The molecule has 2 aliphatic rings. The molecule has 0 aromatic heterocycles. The van der Waals surface area contributed by atoms with E-state index in [9.17, 15) is 14.4 Å². The number of hydrogen-bond donors (Lipinski definition) is 0. The van der Waals surface area contributed by atoms with Crippen LogP contribution in [0.1, 0.15) is 22.3 Å². The van der Waals surface area contributed by atoms with Crippen molar-refractivity contribution < 1.29 is 19.1 Å². The molecule has 7 heteroatoms. The number of ether oxygens (including phenoxy) is 1. The van der Waals surface area contributed by atoms with Gasteiger partial charge in [-0.05, 0) is 19.1 Å². The molecule has 27 heavy (non-hydrogen) atoms. The molecule has 1 atom stereocenters. The fraction of sp³-hybridized carbons (Fsp3) is 0.550. The molecule has 3 rings (SSSR count). The molecular weight excluding hydrogens is 346 g/mol. The number of rotatable bonds is 5. The van der Waals surface area contributed by atoms with E-state index in [0.717, 1.165) is 5.56 Å². The van der Waals surface area contributed by atoms with Gasteiger partial charge in [0.1, 0.15) is 0 Å². The maximum absolute atomic E-state index is 12.8. The van der Waals surface area contributed by atoms with E-state index in [-0.39, 0.29) is 30.1 Å². The second kappa shape index (κ2) is 8.52. The van der Waals surface area contributed by atoms with Gasteiger partial charge in [-0.1, -0.05) is 17.7 Å². The predicted molar refractivity (Wildman–Crippen MR) is 100 cm³/mol. The van der Waals surface area contributed by atoms with Gasteiger partial charge in [0.05, 0.1) is 12.5 Å². The van der Waals surface area contributed by atoms with Crippen LogP contribution in [-0.2, 0) is 14.3 Å². The monoisotopic (exact) mass is 373 g/mol. The van der Waals surface area contributed by atoms with E-state index >= 15 is 0 Å². The Morgan fingerprint density at radius 3 is 2.52 bits per heavy atom. The van der Waals surface area contributed by atoms with Gasteiger partial charge in [0.25, 0.3) is 5.91 Å². The van der Waals surface area contributed by atoms with Crippen LogP contribution >= 0.6 is 0 Å². The molecule has 0 spiro atoms. The number of aryl methyl sites for hydroxylation is 1. The number of likely N-dealkylation sites (tertiary alicyclic amines) is 1. The van der Waals surface area contributed by atoms with E-state index in [0.29, 0.717) is 51.4 Å². The highest BCUT2D eigenvalue weighted by molar-refractivity contribution is 5.94. The summed E-state index contributed by atoms with van der Waals surface area (Å²) in [4.78, 5) is 42.7. The van der Waals surface area contributed by atoms with Crippen LogP contribution in [0.2, 0.25) is 0 Å². The topological polar surface area (TPSA) is 70.2 Å². The van der Waals surface area contributed by atoms with E-state index in [4.69, 9.17) is 4.74 Å². The average molecular weight is 373 g/mol. The Hall–Kier alpha value is -2.41. The summed E-state index contributed by atoms with van der Waals surface area (Å²) in [5.41, 5.74) is 1.74. The number of carbonyl (C=O) groups is 3. The molecule has 0 radical (unpaired) electrons. The molecule has 146 valence electrons. The van der Waals surface area contributed by atoms with Gasteiger partial charge in [-0.2, -0.15) is 0 Å². The molecule has 2 saturated heterocycles. The molecule has 7 nitrogen and oxygen atoms in total. The summed E-state index contributed by atoms with van der Waals surface area (Å²) >= 11 is 0. The number of benzene rings is 1. The van der Waals surface area contributed by atoms with Crippen molar-refractivity contribution in [2.75, 3.05) is 53.0 Å². The largest absolute Gasteiger partial charge is 0.383 e. The minimum absolute atomic E-state index is 0.00702. The van der Waals surface area contributed by atoms with Crippen LogP contribution < -0.4 is 0 Å². The highest BCUT2D eigenvalue weighted by atomic mass is 16.5. The van der Waals surface area contributed by atoms with Crippen LogP contribution in [0, 0.1) is 12.8 Å². The van der Waals surface area contributed by atoms with Crippen molar-refractivity contribution in [3.8, 4) is 0 Å². The molecule has 2 heterocycles. The molecule has 0 N–H and O–H groups in total. The van der Waals surface area contributed by atoms with Gasteiger partial charge >= 0.3 is 0 Å². The summed E-state index contributed by atoms with van der Waals surface area (Å²) in [6, 6.07) is 7.56. The molecular formula is C20H27N3O4. The molecule has 0 saturated carbocycles. The molecule has 0 aliphatic carbocycles. The maximum Gasteiger partial charge on any atom is 0.253 e. The second-order valence-electron chi connectivity index (χ2n) is 7.22. The number of nitrogens with zero attached hydrogens (tertiary/aromatic N) is 3. The SMILES string of the molecule is COCCN1CC(C(=O)N2CCN(C(=O)c3cccc(C)c3)CC2)CC1=O. The fourth-order valence-electron chi connectivity index (χ4n) is 3.70. The third-order valence-corrected chi connectivity index (χ3v) is 5.27. The molecule has 1 aromatic rings. The fourth-order valence-corrected chi connectivity index (χ4v) is 3.70. The first-order chi connectivity index (χ1) is 13.0. The molecule has 2 aliphatic heterocycles. The zero-order valence-electron chi connectivity index (χ0n) is 16.0. The summed E-state index contributed by atoms with van der Waals surface area (Å²) in [5, 5.41) is 0. The van der Waals surface area contributed by atoms with Crippen molar-refractivity contribution in [1.29, 1.82) is 0 Å². The number of amides is 3. The van der Waals surface area contributed by atoms with Crippen molar-refractivity contribution in [3.05, 3.63) is 35.4 Å². The smallest absolute Gasteiger partial charge is 0.253 e. The van der Waals surface area contributed by atoms with Crippen LogP contribution in [-0.4, -0.2) is 85.4 Å². The molecule has 3 amide bonds. The highest BCUT2D eigenvalue weighted by Gasteiger charge is 2.37. The van der Waals surface area contributed by atoms with Gasteiger partial charge in [0.15, 0.2) is 0 Å². The first kappa shape index (κ1) is 19.4. The van der Waals surface area contributed by atoms with E-state index < -0.39 is 0 Å². The third kappa shape index (κ3) is 4.47. The van der Waals surface area contributed by atoms with Gasteiger partial charge in [-0.15, -0.1) is 0 Å². The van der Waals surface area contributed by atoms with Crippen LogP contribution in [0.4, 0.5) is 0 Å². The average Bonchev–Trinajstić information content (AvgIpc) is 3.06.